The van der Waals surface area contributed by atoms with Gasteiger partial charge in [0.15, 0.2) is 21.4 Å². The molecule has 0 atom stereocenters. The van der Waals surface area contributed by atoms with E-state index in [0.717, 1.165) is 12.3 Å². The summed E-state index contributed by atoms with van der Waals surface area (Å²) in [4.78, 5) is 3.70. The number of benzene rings is 1. The number of aromatic nitrogens is 1. The van der Waals surface area contributed by atoms with E-state index in [1.165, 1.54) is 30.5 Å². The average molecular weight is 282 g/mol. The van der Waals surface area contributed by atoms with Gasteiger partial charge < -0.3 is 10.5 Å². The van der Waals surface area contributed by atoms with Crippen molar-refractivity contribution in [3.8, 4) is 11.6 Å². The maximum atomic E-state index is 13.6. The summed E-state index contributed by atoms with van der Waals surface area (Å²) in [5, 5.41) is 0. The normalized spacial score (nSPS) is 11.3. The lowest BCUT2D eigenvalue weighted by Crippen LogP contribution is -2.02. The highest BCUT2D eigenvalue weighted by Crippen LogP contribution is 2.28. The minimum atomic E-state index is -3.51. The van der Waals surface area contributed by atoms with Crippen LogP contribution in [0.15, 0.2) is 41.4 Å². The molecule has 2 rings (SSSR count). The monoisotopic (exact) mass is 282 g/mol. The van der Waals surface area contributed by atoms with E-state index in [0.29, 0.717) is 0 Å². The summed E-state index contributed by atoms with van der Waals surface area (Å²) < 4.78 is 41.9. The topological polar surface area (TPSA) is 82.3 Å². The number of hydrogen-bond acceptors (Lipinski definition) is 5. The SMILES string of the molecule is CS(=O)(=O)c1cccnc1Oc1ccc(N)cc1F. The van der Waals surface area contributed by atoms with Crippen LogP contribution in [0, 0.1) is 5.82 Å². The molecule has 1 heterocycles. The van der Waals surface area contributed by atoms with Gasteiger partial charge in [-0.25, -0.2) is 17.8 Å². The van der Waals surface area contributed by atoms with Crippen LogP contribution in [-0.2, 0) is 9.84 Å². The largest absolute Gasteiger partial charge is 0.435 e. The average Bonchev–Trinajstić information content (AvgIpc) is 2.32. The lowest BCUT2D eigenvalue weighted by atomic mass is 10.3. The van der Waals surface area contributed by atoms with Crippen molar-refractivity contribution in [2.45, 2.75) is 4.90 Å². The maximum Gasteiger partial charge on any atom is 0.238 e. The Kier molecular flexibility index (Phi) is 3.39. The lowest BCUT2D eigenvalue weighted by molar-refractivity contribution is 0.416. The quantitative estimate of drug-likeness (QED) is 0.871. The first kappa shape index (κ1) is 13.3. The number of ether oxygens (including phenoxy) is 1. The number of sulfone groups is 1. The Hall–Kier alpha value is -2.15. The molecule has 100 valence electrons. The molecule has 2 aromatic rings. The summed E-state index contributed by atoms with van der Waals surface area (Å²) in [5.41, 5.74) is 5.66. The Morgan fingerprint density at radius 1 is 1.32 bits per heavy atom. The van der Waals surface area contributed by atoms with E-state index in [4.69, 9.17) is 10.5 Å². The van der Waals surface area contributed by atoms with Gasteiger partial charge in [0.25, 0.3) is 0 Å². The summed E-state index contributed by atoms with van der Waals surface area (Å²) in [7, 11) is -3.51. The molecule has 1 aromatic heterocycles. The molecule has 2 N–H and O–H groups in total. The standard InChI is InChI=1S/C12H11FN2O3S/c1-19(16,17)11-3-2-6-15-12(11)18-10-5-4-8(14)7-9(10)13/h2-7H,14H2,1H3. The van der Waals surface area contributed by atoms with Crippen LogP contribution < -0.4 is 10.5 Å². The molecule has 7 heteroatoms. The molecule has 0 saturated carbocycles. The molecule has 0 amide bonds. The zero-order valence-electron chi connectivity index (χ0n) is 10.00. The highest BCUT2D eigenvalue weighted by Gasteiger charge is 2.17. The van der Waals surface area contributed by atoms with Crippen molar-refractivity contribution in [2.75, 3.05) is 12.0 Å². The number of nitrogens with two attached hydrogens (primary N) is 1. The van der Waals surface area contributed by atoms with Crippen LogP contribution in [0.5, 0.6) is 11.6 Å². The number of pyridine rings is 1. The van der Waals surface area contributed by atoms with Crippen LogP contribution in [0.2, 0.25) is 0 Å². The molecule has 0 radical (unpaired) electrons. The van der Waals surface area contributed by atoms with E-state index in [-0.39, 0.29) is 22.2 Å². The summed E-state index contributed by atoms with van der Waals surface area (Å²) in [6, 6.07) is 6.64. The second kappa shape index (κ2) is 4.85. The van der Waals surface area contributed by atoms with E-state index in [9.17, 15) is 12.8 Å². The molecule has 1 aromatic carbocycles. The van der Waals surface area contributed by atoms with E-state index in [1.807, 2.05) is 0 Å². The lowest BCUT2D eigenvalue weighted by Gasteiger charge is -2.09. The Labute approximate surface area is 109 Å². The van der Waals surface area contributed by atoms with Crippen molar-refractivity contribution in [1.82, 2.24) is 4.98 Å². The molecule has 0 unspecified atom stereocenters. The molecule has 0 bridgehead atoms. The number of halogens is 1. The number of nitrogen functional groups attached to an aromatic ring is 1. The zero-order valence-corrected chi connectivity index (χ0v) is 10.8. The van der Waals surface area contributed by atoms with Crippen molar-refractivity contribution in [3.05, 3.63) is 42.3 Å². The first-order valence-electron chi connectivity index (χ1n) is 5.26. The van der Waals surface area contributed by atoms with E-state index >= 15 is 0 Å². The van der Waals surface area contributed by atoms with Gasteiger partial charge in [-0.1, -0.05) is 0 Å². The van der Waals surface area contributed by atoms with Gasteiger partial charge in [-0.05, 0) is 24.3 Å². The number of rotatable bonds is 3. The van der Waals surface area contributed by atoms with Crippen LogP contribution >= 0.6 is 0 Å². The second-order valence-corrected chi connectivity index (χ2v) is 5.85. The maximum absolute atomic E-state index is 13.6. The van der Waals surface area contributed by atoms with E-state index < -0.39 is 15.7 Å². The van der Waals surface area contributed by atoms with Gasteiger partial charge in [-0.3, -0.25) is 0 Å². The molecule has 0 saturated heterocycles. The molecule has 0 aliphatic carbocycles. The number of anilines is 1. The molecular formula is C12H11FN2O3S. The van der Waals surface area contributed by atoms with Crippen molar-refractivity contribution in [3.63, 3.8) is 0 Å². The van der Waals surface area contributed by atoms with Crippen LogP contribution in [0.1, 0.15) is 0 Å². The second-order valence-electron chi connectivity index (χ2n) is 3.87. The van der Waals surface area contributed by atoms with Crippen molar-refractivity contribution in [1.29, 1.82) is 0 Å². The van der Waals surface area contributed by atoms with Gasteiger partial charge in [0.05, 0.1) is 0 Å². The fraction of sp³-hybridized carbons (Fsp3) is 0.0833. The molecule has 0 aliphatic rings. The van der Waals surface area contributed by atoms with Crippen LogP contribution in [-0.4, -0.2) is 19.7 Å². The van der Waals surface area contributed by atoms with Gasteiger partial charge in [0.2, 0.25) is 5.88 Å². The first-order chi connectivity index (χ1) is 8.88. The Bertz CT molecular complexity index is 717. The smallest absolute Gasteiger partial charge is 0.238 e. The zero-order chi connectivity index (χ0) is 14.0. The highest BCUT2D eigenvalue weighted by molar-refractivity contribution is 7.90. The highest BCUT2D eigenvalue weighted by atomic mass is 32.2. The minimum Gasteiger partial charge on any atom is -0.435 e. The third-order valence-corrected chi connectivity index (χ3v) is 3.41. The fourth-order valence-corrected chi connectivity index (χ4v) is 2.18. The fourth-order valence-electron chi connectivity index (χ4n) is 1.44. The van der Waals surface area contributed by atoms with Crippen molar-refractivity contribution < 1.29 is 17.5 Å². The molecule has 0 aliphatic heterocycles. The van der Waals surface area contributed by atoms with E-state index in [2.05, 4.69) is 4.98 Å². The summed E-state index contributed by atoms with van der Waals surface area (Å²) in [6.45, 7) is 0. The predicted molar refractivity (Wildman–Crippen MR) is 68.2 cm³/mol. The molecular weight excluding hydrogens is 271 g/mol. The number of nitrogens with zero attached hydrogens (tertiary/aromatic N) is 1. The van der Waals surface area contributed by atoms with Gasteiger partial charge in [-0.15, -0.1) is 0 Å². The molecule has 5 nitrogen and oxygen atoms in total. The predicted octanol–water partition coefficient (Wildman–Crippen LogP) is 2.00. The Morgan fingerprint density at radius 3 is 2.68 bits per heavy atom. The Morgan fingerprint density at radius 2 is 2.05 bits per heavy atom. The van der Waals surface area contributed by atoms with Crippen LogP contribution in [0.3, 0.4) is 0 Å². The number of hydrogen-bond donors (Lipinski definition) is 1. The van der Waals surface area contributed by atoms with Crippen molar-refractivity contribution in [2.24, 2.45) is 0 Å². The van der Waals surface area contributed by atoms with Gasteiger partial charge >= 0.3 is 0 Å². The van der Waals surface area contributed by atoms with Gasteiger partial charge in [0.1, 0.15) is 4.90 Å². The summed E-state index contributed by atoms with van der Waals surface area (Å²) in [5.74, 6) is -1.00. The van der Waals surface area contributed by atoms with E-state index in [1.54, 1.807) is 0 Å². The van der Waals surface area contributed by atoms with Crippen LogP contribution in [0.25, 0.3) is 0 Å². The van der Waals surface area contributed by atoms with Crippen LogP contribution in [0.4, 0.5) is 10.1 Å². The van der Waals surface area contributed by atoms with Gasteiger partial charge in [0, 0.05) is 24.2 Å². The van der Waals surface area contributed by atoms with Gasteiger partial charge in [-0.2, -0.15) is 0 Å². The summed E-state index contributed by atoms with van der Waals surface area (Å²) in [6.07, 6.45) is 2.38. The molecule has 0 spiro atoms. The third kappa shape index (κ3) is 3.00. The first-order valence-corrected chi connectivity index (χ1v) is 7.15. The summed E-state index contributed by atoms with van der Waals surface area (Å²) >= 11 is 0. The molecule has 0 fully saturated rings. The van der Waals surface area contributed by atoms with Crippen molar-refractivity contribution >= 4 is 15.5 Å². The Balaban J connectivity index is 2.44. The third-order valence-electron chi connectivity index (χ3n) is 2.30. The molecule has 19 heavy (non-hydrogen) atoms. The minimum absolute atomic E-state index is 0.105.